The van der Waals surface area contributed by atoms with Crippen LogP contribution in [-0.2, 0) is 5.41 Å². The van der Waals surface area contributed by atoms with Gasteiger partial charge in [-0.05, 0) is 54.3 Å². The second kappa shape index (κ2) is 6.39. The maximum atomic E-state index is 14.0. The number of aryl methyl sites for hydroxylation is 2. The molecule has 0 saturated carbocycles. The monoisotopic (exact) mass is 379 g/mol. The molecule has 3 N–H and O–H groups in total. The Hall–Kier alpha value is -2.42. The van der Waals surface area contributed by atoms with Gasteiger partial charge in [-0.15, -0.1) is 0 Å². The number of hydrogen-bond donors (Lipinski definition) is 2. The summed E-state index contributed by atoms with van der Waals surface area (Å²) in [5.41, 5.74) is -6.73. The number of phenolic OH excluding ortho intramolecular Hbond substituents is 1. The van der Waals surface area contributed by atoms with E-state index >= 15 is 0 Å². The van der Waals surface area contributed by atoms with Crippen molar-refractivity contribution in [1.82, 2.24) is 0 Å². The number of hydrogen-bond acceptors (Lipinski definition) is 3. The Morgan fingerprint density at radius 1 is 0.846 bits per heavy atom. The molecule has 0 aromatic heterocycles. The predicted octanol–water partition coefficient (Wildman–Crippen LogP) is 4.67. The fraction of sp³-hybridized carbons (Fsp3) is 0.294. The Morgan fingerprint density at radius 2 is 1.42 bits per heavy atom. The van der Waals surface area contributed by atoms with Crippen LogP contribution in [0.25, 0.3) is 0 Å². The van der Waals surface area contributed by atoms with Crippen LogP contribution in [0.3, 0.4) is 0 Å². The minimum atomic E-state index is -5.70. The summed E-state index contributed by atoms with van der Waals surface area (Å²) < 4.78 is 84.0. The summed E-state index contributed by atoms with van der Waals surface area (Å²) in [6.07, 6.45) is -11.4. The lowest BCUT2D eigenvalue weighted by molar-refractivity contribution is -0.288. The van der Waals surface area contributed by atoms with Crippen LogP contribution in [-0.4, -0.2) is 17.5 Å². The van der Waals surface area contributed by atoms with Gasteiger partial charge in [-0.25, -0.2) is 0 Å². The molecule has 0 aliphatic rings. The smallest absolute Gasteiger partial charge is 0.411 e. The summed E-state index contributed by atoms with van der Waals surface area (Å²) >= 11 is 0. The summed E-state index contributed by atoms with van der Waals surface area (Å²) in [5.74, 6) is 4.44. The Balaban J connectivity index is 2.96. The first kappa shape index (κ1) is 19.9. The lowest BCUT2D eigenvalue weighted by atomic mass is 9.71. The Labute approximate surface area is 145 Å². The molecule has 26 heavy (non-hydrogen) atoms. The largest absolute Gasteiger partial charge is 0.508 e. The number of aromatic hydroxyl groups is 1. The fourth-order valence-electron chi connectivity index (χ4n) is 2.97. The van der Waals surface area contributed by atoms with E-state index in [1.165, 1.54) is 6.92 Å². The van der Waals surface area contributed by atoms with Crippen LogP contribution in [0.15, 0.2) is 36.4 Å². The second-order valence-electron chi connectivity index (χ2n) is 5.84. The van der Waals surface area contributed by atoms with Gasteiger partial charge in [0.15, 0.2) is 0 Å². The van der Waals surface area contributed by atoms with Crippen LogP contribution in [0.2, 0.25) is 0 Å². The van der Waals surface area contributed by atoms with E-state index in [4.69, 9.17) is 5.90 Å². The predicted molar refractivity (Wildman–Crippen MR) is 81.7 cm³/mol. The first-order valence-electron chi connectivity index (χ1n) is 7.27. The summed E-state index contributed by atoms with van der Waals surface area (Å²) in [6.45, 7) is 2.33. The van der Waals surface area contributed by atoms with Gasteiger partial charge >= 0.3 is 12.4 Å². The molecule has 0 atom stereocenters. The molecule has 0 saturated heterocycles. The van der Waals surface area contributed by atoms with Gasteiger partial charge in [0, 0.05) is 0 Å². The van der Waals surface area contributed by atoms with E-state index in [-0.39, 0.29) is 16.9 Å². The number of benzene rings is 2. The number of alkyl halides is 6. The third kappa shape index (κ3) is 2.96. The average Bonchev–Trinajstić information content (AvgIpc) is 2.50. The van der Waals surface area contributed by atoms with Crippen molar-refractivity contribution >= 4 is 0 Å². The molecular formula is C17H15F6NO2. The number of halogens is 6. The molecule has 2 aromatic rings. The lowest BCUT2D eigenvalue weighted by Gasteiger charge is -2.39. The molecule has 0 fully saturated rings. The van der Waals surface area contributed by atoms with Gasteiger partial charge in [-0.3, -0.25) is 0 Å². The van der Waals surface area contributed by atoms with Crippen LogP contribution < -0.4 is 10.7 Å². The first-order valence-corrected chi connectivity index (χ1v) is 7.27. The molecule has 0 spiro atoms. The minimum Gasteiger partial charge on any atom is -0.508 e. The molecular weight excluding hydrogens is 364 g/mol. The van der Waals surface area contributed by atoms with Crippen LogP contribution in [0.5, 0.6) is 11.5 Å². The van der Waals surface area contributed by atoms with Crippen LogP contribution in [0.4, 0.5) is 26.3 Å². The number of phenols is 1. The molecule has 0 amide bonds. The van der Waals surface area contributed by atoms with Crippen LogP contribution >= 0.6 is 0 Å². The highest BCUT2D eigenvalue weighted by Gasteiger charge is 2.72. The van der Waals surface area contributed by atoms with Crippen molar-refractivity contribution in [3.8, 4) is 11.5 Å². The maximum Gasteiger partial charge on any atom is 0.411 e. The lowest BCUT2D eigenvalue weighted by Crippen LogP contribution is -2.55. The zero-order valence-corrected chi connectivity index (χ0v) is 13.7. The summed E-state index contributed by atoms with van der Waals surface area (Å²) in [7, 11) is 0. The highest BCUT2D eigenvalue weighted by atomic mass is 19.4. The van der Waals surface area contributed by atoms with Gasteiger partial charge in [-0.1, -0.05) is 18.2 Å². The quantitative estimate of drug-likeness (QED) is 0.602. The zero-order chi connectivity index (χ0) is 19.9. The number of nitrogens with two attached hydrogens (primary N) is 1. The first-order chi connectivity index (χ1) is 11.9. The summed E-state index contributed by atoms with van der Waals surface area (Å²) in [5, 5.41) is 9.52. The van der Waals surface area contributed by atoms with E-state index in [0.717, 1.165) is 25.1 Å². The van der Waals surface area contributed by atoms with E-state index in [1.54, 1.807) is 0 Å². The molecule has 0 bridgehead atoms. The van der Waals surface area contributed by atoms with Crippen molar-refractivity contribution in [2.45, 2.75) is 31.6 Å². The van der Waals surface area contributed by atoms with Gasteiger partial charge in [0.25, 0.3) is 0 Å². The van der Waals surface area contributed by atoms with Crippen molar-refractivity contribution in [3.63, 3.8) is 0 Å². The number of rotatable bonds is 3. The van der Waals surface area contributed by atoms with Crippen LogP contribution in [0.1, 0.15) is 22.3 Å². The standard InChI is InChI=1S/C17H15F6NO2/c1-9-8-12(26-24)4-5-13(9)15(16(18,19)20,17(21,22)23)11-3-6-14(25)10(2)7-11/h3-8,25H,24H2,1-2H3. The van der Waals surface area contributed by atoms with Crippen molar-refractivity contribution in [3.05, 3.63) is 58.7 Å². The normalized spacial score (nSPS) is 13.0. The Bertz CT molecular complexity index is 800. The zero-order valence-electron chi connectivity index (χ0n) is 13.7. The molecule has 0 aliphatic heterocycles. The van der Waals surface area contributed by atoms with Crippen molar-refractivity contribution < 1.29 is 36.3 Å². The van der Waals surface area contributed by atoms with E-state index in [1.807, 2.05) is 0 Å². The van der Waals surface area contributed by atoms with E-state index in [0.29, 0.717) is 18.2 Å². The fourth-order valence-corrected chi connectivity index (χ4v) is 2.97. The third-order valence-corrected chi connectivity index (χ3v) is 4.22. The molecule has 142 valence electrons. The van der Waals surface area contributed by atoms with Gasteiger partial charge in [0.1, 0.15) is 11.5 Å². The summed E-state index contributed by atoms with van der Waals surface area (Å²) in [4.78, 5) is 4.38. The molecule has 3 nitrogen and oxygen atoms in total. The SMILES string of the molecule is Cc1cc(C(c2ccc(ON)cc2C)(C(F)(F)F)C(F)(F)F)ccc1O. The highest BCUT2D eigenvalue weighted by Crippen LogP contribution is 2.57. The topological polar surface area (TPSA) is 55.5 Å². The molecule has 2 rings (SSSR count). The molecule has 2 aromatic carbocycles. The second-order valence-corrected chi connectivity index (χ2v) is 5.84. The van der Waals surface area contributed by atoms with Gasteiger partial charge in [0.2, 0.25) is 5.41 Å². The maximum absolute atomic E-state index is 14.0. The summed E-state index contributed by atoms with van der Waals surface area (Å²) in [6, 6.07) is 4.74. The van der Waals surface area contributed by atoms with Crippen molar-refractivity contribution in [1.29, 1.82) is 0 Å². The molecule has 0 heterocycles. The van der Waals surface area contributed by atoms with Crippen LogP contribution in [0, 0.1) is 13.8 Å². The van der Waals surface area contributed by atoms with E-state index in [2.05, 4.69) is 4.84 Å². The van der Waals surface area contributed by atoms with E-state index < -0.39 is 34.6 Å². The Morgan fingerprint density at radius 3 is 1.85 bits per heavy atom. The van der Waals surface area contributed by atoms with Gasteiger partial charge in [0.05, 0.1) is 0 Å². The highest BCUT2D eigenvalue weighted by molar-refractivity contribution is 5.51. The van der Waals surface area contributed by atoms with Crippen molar-refractivity contribution in [2.24, 2.45) is 5.90 Å². The minimum absolute atomic E-state index is 0.0774. The molecule has 0 aliphatic carbocycles. The third-order valence-electron chi connectivity index (χ3n) is 4.22. The molecule has 0 radical (unpaired) electrons. The van der Waals surface area contributed by atoms with Crippen molar-refractivity contribution in [2.75, 3.05) is 0 Å². The Kier molecular flexibility index (Phi) is 4.89. The molecule has 0 unspecified atom stereocenters. The van der Waals surface area contributed by atoms with Gasteiger partial charge < -0.3 is 9.94 Å². The van der Waals surface area contributed by atoms with Gasteiger partial charge in [-0.2, -0.15) is 32.2 Å². The van der Waals surface area contributed by atoms with E-state index in [9.17, 15) is 31.4 Å². The molecule has 9 heteroatoms. The average molecular weight is 379 g/mol.